The van der Waals surface area contributed by atoms with Gasteiger partial charge in [0.2, 0.25) is 5.91 Å². The molecule has 0 unspecified atom stereocenters. The van der Waals surface area contributed by atoms with Crippen molar-refractivity contribution < 1.29 is 9.53 Å². The second kappa shape index (κ2) is 5.13. The Morgan fingerprint density at radius 3 is 2.80 bits per heavy atom. The van der Waals surface area contributed by atoms with E-state index < -0.39 is 0 Å². The summed E-state index contributed by atoms with van der Waals surface area (Å²) in [6.45, 7) is 2.88. The first-order valence-corrected chi connectivity index (χ1v) is 8.46. The fourth-order valence-electron chi connectivity index (χ4n) is 4.08. The number of rotatable bonds is 2. The SMILES string of the molecule is O=C1C[C@@H]2[C@H](CCN2C2CCOCC2)N1c1ccsc1. The fourth-order valence-corrected chi connectivity index (χ4v) is 4.71. The third kappa shape index (κ3) is 2.00. The van der Waals surface area contributed by atoms with Gasteiger partial charge in [0, 0.05) is 43.6 Å². The molecule has 4 rings (SSSR count). The summed E-state index contributed by atoms with van der Waals surface area (Å²) in [4.78, 5) is 17.0. The van der Waals surface area contributed by atoms with Gasteiger partial charge in [0.15, 0.2) is 0 Å². The number of anilines is 1. The topological polar surface area (TPSA) is 32.8 Å². The minimum atomic E-state index is 0.301. The fraction of sp³-hybridized carbons (Fsp3) is 0.667. The van der Waals surface area contributed by atoms with Crippen LogP contribution in [0.1, 0.15) is 25.7 Å². The number of thiophene rings is 1. The van der Waals surface area contributed by atoms with Gasteiger partial charge in [-0.15, -0.1) is 0 Å². The monoisotopic (exact) mass is 292 g/mol. The van der Waals surface area contributed by atoms with Crippen LogP contribution >= 0.6 is 11.3 Å². The highest BCUT2D eigenvalue weighted by Crippen LogP contribution is 2.38. The van der Waals surface area contributed by atoms with Crippen molar-refractivity contribution in [3.8, 4) is 0 Å². The van der Waals surface area contributed by atoms with Crippen LogP contribution in [0.4, 0.5) is 5.69 Å². The van der Waals surface area contributed by atoms with E-state index in [0.717, 1.165) is 44.7 Å². The molecule has 0 N–H and O–H groups in total. The van der Waals surface area contributed by atoms with Crippen LogP contribution < -0.4 is 4.90 Å². The van der Waals surface area contributed by atoms with Gasteiger partial charge >= 0.3 is 0 Å². The Balaban J connectivity index is 1.55. The zero-order valence-electron chi connectivity index (χ0n) is 11.5. The van der Waals surface area contributed by atoms with Gasteiger partial charge in [0.1, 0.15) is 0 Å². The minimum absolute atomic E-state index is 0.301. The zero-order chi connectivity index (χ0) is 13.5. The number of carbonyl (C=O) groups excluding carboxylic acids is 1. The summed E-state index contributed by atoms with van der Waals surface area (Å²) in [7, 11) is 0. The van der Waals surface area contributed by atoms with Gasteiger partial charge < -0.3 is 9.64 Å². The summed E-state index contributed by atoms with van der Waals surface area (Å²) in [5, 5.41) is 4.15. The summed E-state index contributed by atoms with van der Waals surface area (Å²) >= 11 is 1.67. The first kappa shape index (κ1) is 12.8. The lowest BCUT2D eigenvalue weighted by Gasteiger charge is -2.34. The Morgan fingerprint density at radius 1 is 1.20 bits per heavy atom. The van der Waals surface area contributed by atoms with Gasteiger partial charge in [-0.05, 0) is 30.7 Å². The van der Waals surface area contributed by atoms with Crippen LogP contribution in [0.25, 0.3) is 0 Å². The predicted molar refractivity (Wildman–Crippen MR) is 79.2 cm³/mol. The van der Waals surface area contributed by atoms with Crippen LogP contribution in [0.3, 0.4) is 0 Å². The van der Waals surface area contributed by atoms with Crippen molar-refractivity contribution in [3.63, 3.8) is 0 Å². The van der Waals surface area contributed by atoms with Crippen LogP contribution in [-0.4, -0.2) is 48.7 Å². The molecule has 3 saturated heterocycles. The van der Waals surface area contributed by atoms with Crippen LogP contribution in [0.15, 0.2) is 16.8 Å². The smallest absolute Gasteiger partial charge is 0.228 e. The molecule has 4 nitrogen and oxygen atoms in total. The van der Waals surface area contributed by atoms with E-state index in [1.54, 1.807) is 11.3 Å². The molecule has 1 aromatic heterocycles. The Morgan fingerprint density at radius 2 is 2.05 bits per heavy atom. The second-order valence-electron chi connectivity index (χ2n) is 5.95. The number of fused-ring (bicyclic) bond motifs is 1. The van der Waals surface area contributed by atoms with Crippen molar-refractivity contribution in [1.82, 2.24) is 4.90 Å². The molecule has 3 aliphatic heterocycles. The number of hydrogen-bond donors (Lipinski definition) is 0. The predicted octanol–water partition coefficient (Wildman–Crippen LogP) is 2.11. The molecule has 3 fully saturated rings. The second-order valence-corrected chi connectivity index (χ2v) is 6.73. The average Bonchev–Trinajstić information content (AvgIpc) is 3.16. The standard InChI is InChI=1S/C15H20N2O2S/c18-15-9-14-13(17(15)12-4-8-20-10-12)1-5-16(14)11-2-6-19-7-3-11/h4,8,10-11,13-14H,1-3,5-7,9H2/t13-,14+/m0/s1. The van der Waals surface area contributed by atoms with E-state index >= 15 is 0 Å². The molecule has 108 valence electrons. The third-order valence-corrected chi connectivity index (χ3v) is 5.65. The zero-order valence-corrected chi connectivity index (χ0v) is 12.3. The van der Waals surface area contributed by atoms with Gasteiger partial charge in [-0.1, -0.05) is 0 Å². The first-order chi connectivity index (χ1) is 9.84. The van der Waals surface area contributed by atoms with Crippen molar-refractivity contribution in [1.29, 1.82) is 0 Å². The maximum absolute atomic E-state index is 12.4. The molecule has 4 heterocycles. The van der Waals surface area contributed by atoms with E-state index in [1.165, 1.54) is 0 Å². The number of amides is 1. The van der Waals surface area contributed by atoms with Gasteiger partial charge in [-0.2, -0.15) is 11.3 Å². The Bertz CT molecular complexity index is 484. The van der Waals surface area contributed by atoms with Crippen molar-refractivity contribution in [2.45, 2.75) is 43.8 Å². The van der Waals surface area contributed by atoms with Crippen LogP contribution in [0.2, 0.25) is 0 Å². The highest BCUT2D eigenvalue weighted by atomic mass is 32.1. The molecule has 5 heteroatoms. The quantitative estimate of drug-likeness (QED) is 0.837. The highest BCUT2D eigenvalue weighted by Gasteiger charge is 2.49. The summed E-state index contributed by atoms with van der Waals surface area (Å²) in [6.07, 6.45) is 4.05. The molecule has 1 amide bonds. The lowest BCUT2D eigenvalue weighted by Crippen LogP contribution is -2.44. The molecule has 20 heavy (non-hydrogen) atoms. The summed E-state index contributed by atoms with van der Waals surface area (Å²) in [5.74, 6) is 0.301. The van der Waals surface area contributed by atoms with Crippen molar-refractivity contribution >= 4 is 22.9 Å². The number of likely N-dealkylation sites (tertiary alicyclic amines) is 1. The van der Waals surface area contributed by atoms with Gasteiger partial charge in [0.25, 0.3) is 0 Å². The van der Waals surface area contributed by atoms with E-state index in [0.29, 0.717) is 30.5 Å². The molecule has 0 aromatic carbocycles. The lowest BCUT2D eigenvalue weighted by atomic mass is 10.0. The normalized spacial score (nSPS) is 32.0. The first-order valence-electron chi connectivity index (χ1n) is 7.52. The highest BCUT2D eigenvalue weighted by molar-refractivity contribution is 7.08. The molecule has 0 spiro atoms. The van der Waals surface area contributed by atoms with Crippen LogP contribution in [-0.2, 0) is 9.53 Å². The summed E-state index contributed by atoms with van der Waals surface area (Å²) in [5.41, 5.74) is 1.10. The average molecular weight is 292 g/mol. The Labute approximate surface area is 123 Å². The molecule has 3 aliphatic rings. The maximum Gasteiger partial charge on any atom is 0.228 e. The van der Waals surface area contributed by atoms with Crippen LogP contribution in [0.5, 0.6) is 0 Å². The summed E-state index contributed by atoms with van der Waals surface area (Å²) < 4.78 is 5.47. The van der Waals surface area contributed by atoms with Crippen molar-refractivity contribution in [2.75, 3.05) is 24.7 Å². The van der Waals surface area contributed by atoms with Gasteiger partial charge in [0.05, 0.1) is 11.7 Å². The van der Waals surface area contributed by atoms with Gasteiger partial charge in [-0.25, -0.2) is 0 Å². The number of ether oxygens (including phenoxy) is 1. The molecule has 1 aromatic rings. The van der Waals surface area contributed by atoms with E-state index in [1.807, 2.05) is 0 Å². The molecular weight excluding hydrogens is 272 g/mol. The largest absolute Gasteiger partial charge is 0.381 e. The minimum Gasteiger partial charge on any atom is -0.381 e. The number of hydrogen-bond acceptors (Lipinski definition) is 4. The Kier molecular flexibility index (Phi) is 3.28. The number of nitrogens with zero attached hydrogens (tertiary/aromatic N) is 2. The van der Waals surface area contributed by atoms with Gasteiger partial charge in [-0.3, -0.25) is 9.69 Å². The molecule has 0 radical (unpaired) electrons. The lowest BCUT2D eigenvalue weighted by molar-refractivity contribution is -0.117. The molecule has 0 bridgehead atoms. The number of carbonyl (C=O) groups is 1. The van der Waals surface area contributed by atoms with E-state index in [-0.39, 0.29) is 0 Å². The summed E-state index contributed by atoms with van der Waals surface area (Å²) in [6, 6.07) is 3.50. The van der Waals surface area contributed by atoms with Crippen molar-refractivity contribution in [2.24, 2.45) is 0 Å². The molecular formula is C15H20N2O2S. The van der Waals surface area contributed by atoms with E-state index in [2.05, 4.69) is 26.6 Å². The molecule has 0 aliphatic carbocycles. The van der Waals surface area contributed by atoms with E-state index in [9.17, 15) is 4.79 Å². The van der Waals surface area contributed by atoms with Crippen LogP contribution in [0, 0.1) is 0 Å². The molecule has 0 saturated carbocycles. The molecule has 2 atom stereocenters. The Hall–Kier alpha value is -0.910. The maximum atomic E-state index is 12.4. The van der Waals surface area contributed by atoms with Crippen molar-refractivity contribution in [3.05, 3.63) is 16.8 Å². The van der Waals surface area contributed by atoms with E-state index in [4.69, 9.17) is 4.74 Å². The third-order valence-electron chi connectivity index (χ3n) is 4.98.